The van der Waals surface area contributed by atoms with Crippen molar-refractivity contribution >= 4 is 21.8 Å². The zero-order valence-corrected chi connectivity index (χ0v) is 11.6. The van der Waals surface area contributed by atoms with Crippen molar-refractivity contribution in [3.8, 4) is 0 Å². The minimum atomic E-state index is -3.33. The Balaban J connectivity index is 4.46. The summed E-state index contributed by atoms with van der Waals surface area (Å²) in [6.45, 7) is 5.99. The quantitative estimate of drug-likeness (QED) is 0.676. The van der Waals surface area contributed by atoms with Gasteiger partial charge in [0.05, 0.1) is 0 Å². The Bertz CT molecular complexity index is 278. The summed E-state index contributed by atoms with van der Waals surface area (Å²) in [5, 5.41) is -0.00740. The topological polar surface area (TPSA) is 40.6 Å². The van der Waals surface area contributed by atoms with Crippen molar-refractivity contribution in [3.05, 3.63) is 0 Å². The first-order chi connectivity index (χ1) is 6.69. The van der Waals surface area contributed by atoms with Crippen LogP contribution in [-0.2, 0) is 10.2 Å². The smallest absolute Gasteiger partial charge is 0.195 e. The largest absolute Gasteiger partial charge is 0.281 e. The first-order valence-electron chi connectivity index (χ1n) is 5.03. The van der Waals surface area contributed by atoms with Crippen molar-refractivity contribution in [2.45, 2.75) is 38.6 Å². The molecule has 6 heteroatoms. The molecule has 0 aromatic heterocycles. The van der Waals surface area contributed by atoms with Crippen LogP contribution in [0.5, 0.6) is 0 Å². The summed E-state index contributed by atoms with van der Waals surface area (Å²) in [5.41, 5.74) is 0. The second-order valence-corrected chi connectivity index (χ2v) is 6.85. The van der Waals surface area contributed by atoms with Gasteiger partial charge in [-0.05, 0) is 27.2 Å². The van der Waals surface area contributed by atoms with Gasteiger partial charge in [-0.3, -0.25) is 0 Å². The van der Waals surface area contributed by atoms with Gasteiger partial charge in [0, 0.05) is 32.1 Å². The molecule has 0 radical (unpaired) electrons. The van der Waals surface area contributed by atoms with Crippen LogP contribution < -0.4 is 0 Å². The summed E-state index contributed by atoms with van der Waals surface area (Å²) in [7, 11) is -0.165. The fraction of sp³-hybridized carbons (Fsp3) is 1.00. The maximum Gasteiger partial charge on any atom is 0.281 e. The van der Waals surface area contributed by atoms with Gasteiger partial charge in [0.15, 0.2) is 0 Å². The van der Waals surface area contributed by atoms with Gasteiger partial charge in [0.1, 0.15) is 0 Å². The van der Waals surface area contributed by atoms with E-state index in [1.165, 1.54) is 8.61 Å². The molecule has 92 valence electrons. The first kappa shape index (κ1) is 15.2. The summed E-state index contributed by atoms with van der Waals surface area (Å²) in [4.78, 5) is 0. The maximum absolute atomic E-state index is 11.9. The Hall–Kier alpha value is 0.160. The summed E-state index contributed by atoms with van der Waals surface area (Å²) in [5.74, 6) is 0. The normalized spacial score (nSPS) is 15.3. The lowest BCUT2D eigenvalue weighted by Crippen LogP contribution is -2.43. The average Bonchev–Trinajstić information content (AvgIpc) is 2.12. The van der Waals surface area contributed by atoms with E-state index in [0.29, 0.717) is 13.0 Å². The Labute approximate surface area is 98.4 Å². The van der Waals surface area contributed by atoms with Gasteiger partial charge in [0.25, 0.3) is 10.2 Å². The van der Waals surface area contributed by atoms with Crippen LogP contribution in [0.3, 0.4) is 0 Å². The lowest BCUT2D eigenvalue weighted by atomic mass is 10.3. The zero-order valence-electron chi connectivity index (χ0n) is 10.1. The van der Waals surface area contributed by atoms with Gasteiger partial charge in [0.2, 0.25) is 0 Å². The molecule has 0 aromatic rings. The van der Waals surface area contributed by atoms with Crippen LogP contribution in [-0.4, -0.2) is 49.1 Å². The molecule has 0 aliphatic carbocycles. The van der Waals surface area contributed by atoms with Crippen LogP contribution in [0.15, 0.2) is 0 Å². The van der Waals surface area contributed by atoms with Crippen LogP contribution in [0.1, 0.15) is 27.2 Å². The SMILES string of the molecule is CC(Cl)CCN(C)S(=O)(=O)N(C)C(C)C. The van der Waals surface area contributed by atoms with E-state index in [2.05, 4.69) is 0 Å². The second kappa shape index (κ2) is 6.03. The maximum atomic E-state index is 11.9. The highest BCUT2D eigenvalue weighted by Crippen LogP contribution is 2.10. The molecule has 0 fully saturated rings. The summed E-state index contributed by atoms with van der Waals surface area (Å²) >= 11 is 5.78. The minimum Gasteiger partial charge on any atom is -0.195 e. The lowest BCUT2D eigenvalue weighted by molar-refractivity contribution is 0.355. The predicted molar refractivity (Wildman–Crippen MR) is 64.4 cm³/mol. The third kappa shape index (κ3) is 4.68. The van der Waals surface area contributed by atoms with Crippen LogP contribution >= 0.6 is 11.6 Å². The van der Waals surface area contributed by atoms with Gasteiger partial charge >= 0.3 is 0 Å². The molecule has 0 bridgehead atoms. The number of halogens is 1. The molecule has 0 amide bonds. The molecule has 0 rings (SSSR count). The highest BCUT2D eigenvalue weighted by atomic mass is 35.5. The monoisotopic (exact) mass is 256 g/mol. The fourth-order valence-electron chi connectivity index (χ4n) is 0.961. The lowest BCUT2D eigenvalue weighted by Gasteiger charge is -2.27. The van der Waals surface area contributed by atoms with Crippen molar-refractivity contribution in [2.24, 2.45) is 0 Å². The summed E-state index contributed by atoms with van der Waals surface area (Å²) in [6, 6.07) is -0.0362. The van der Waals surface area contributed by atoms with Crippen LogP contribution in [0.25, 0.3) is 0 Å². The van der Waals surface area contributed by atoms with Gasteiger partial charge < -0.3 is 0 Å². The Kier molecular flexibility index (Phi) is 6.10. The summed E-state index contributed by atoms with van der Waals surface area (Å²) < 4.78 is 26.5. The molecule has 0 heterocycles. The van der Waals surface area contributed by atoms with E-state index < -0.39 is 10.2 Å². The zero-order chi connectivity index (χ0) is 12.2. The standard InChI is InChI=1S/C9H21ClN2O2S/c1-8(2)12(5)15(13,14)11(4)7-6-9(3)10/h8-9H,6-7H2,1-5H3. The van der Waals surface area contributed by atoms with E-state index in [1.54, 1.807) is 14.1 Å². The van der Waals surface area contributed by atoms with E-state index >= 15 is 0 Å². The molecule has 1 atom stereocenters. The number of hydrogen-bond acceptors (Lipinski definition) is 2. The third-order valence-electron chi connectivity index (χ3n) is 2.33. The Morgan fingerprint density at radius 2 is 1.67 bits per heavy atom. The highest BCUT2D eigenvalue weighted by molar-refractivity contribution is 7.86. The van der Waals surface area contributed by atoms with Crippen LogP contribution in [0.4, 0.5) is 0 Å². The van der Waals surface area contributed by atoms with E-state index in [-0.39, 0.29) is 11.4 Å². The van der Waals surface area contributed by atoms with Gasteiger partial charge in [-0.25, -0.2) is 0 Å². The molecule has 0 aliphatic rings. The second-order valence-electron chi connectivity index (χ2n) is 4.01. The molecular weight excluding hydrogens is 236 g/mol. The number of alkyl halides is 1. The number of rotatable bonds is 6. The third-order valence-corrected chi connectivity index (χ3v) is 4.66. The van der Waals surface area contributed by atoms with Gasteiger partial charge in [-0.2, -0.15) is 17.0 Å². The number of hydrogen-bond donors (Lipinski definition) is 0. The first-order valence-corrected chi connectivity index (χ1v) is 6.86. The summed E-state index contributed by atoms with van der Waals surface area (Å²) in [6.07, 6.45) is 0.656. The Morgan fingerprint density at radius 3 is 2.00 bits per heavy atom. The average molecular weight is 257 g/mol. The molecule has 15 heavy (non-hydrogen) atoms. The molecular formula is C9H21ClN2O2S. The van der Waals surface area contributed by atoms with Crippen LogP contribution in [0, 0.1) is 0 Å². The molecule has 1 unspecified atom stereocenters. The molecule has 0 aliphatic heterocycles. The van der Waals surface area contributed by atoms with E-state index in [0.717, 1.165) is 0 Å². The van der Waals surface area contributed by atoms with Crippen molar-refractivity contribution in [1.82, 2.24) is 8.61 Å². The molecule has 0 N–H and O–H groups in total. The van der Waals surface area contributed by atoms with Crippen LogP contribution in [0.2, 0.25) is 0 Å². The van der Waals surface area contributed by atoms with Gasteiger partial charge in [-0.1, -0.05) is 0 Å². The number of nitrogens with zero attached hydrogens (tertiary/aromatic N) is 2. The van der Waals surface area contributed by atoms with E-state index in [4.69, 9.17) is 11.6 Å². The van der Waals surface area contributed by atoms with Crippen molar-refractivity contribution in [1.29, 1.82) is 0 Å². The molecule has 0 saturated carbocycles. The van der Waals surface area contributed by atoms with Crippen molar-refractivity contribution < 1.29 is 8.42 Å². The van der Waals surface area contributed by atoms with E-state index in [1.807, 2.05) is 20.8 Å². The molecule has 4 nitrogen and oxygen atoms in total. The van der Waals surface area contributed by atoms with Gasteiger partial charge in [-0.15, -0.1) is 11.6 Å². The highest BCUT2D eigenvalue weighted by Gasteiger charge is 2.25. The van der Waals surface area contributed by atoms with E-state index in [9.17, 15) is 8.42 Å². The molecule has 0 aromatic carbocycles. The predicted octanol–water partition coefficient (Wildman–Crippen LogP) is 1.52. The van der Waals surface area contributed by atoms with Crippen molar-refractivity contribution in [2.75, 3.05) is 20.6 Å². The molecule has 0 spiro atoms. The molecule has 0 saturated heterocycles. The fourth-order valence-corrected chi connectivity index (χ4v) is 2.37. The van der Waals surface area contributed by atoms with Crippen molar-refractivity contribution in [3.63, 3.8) is 0 Å². The minimum absolute atomic E-state index is 0.00740. The Morgan fingerprint density at radius 1 is 1.20 bits per heavy atom.